The first-order valence-corrected chi connectivity index (χ1v) is 8.44. The van der Waals surface area contributed by atoms with Crippen molar-refractivity contribution in [3.63, 3.8) is 0 Å². The highest BCUT2D eigenvalue weighted by Gasteiger charge is 2.15. The van der Waals surface area contributed by atoms with E-state index >= 15 is 0 Å². The normalized spacial score (nSPS) is 19.4. The van der Waals surface area contributed by atoms with Crippen LogP contribution in [0.5, 0.6) is 0 Å². The molecule has 0 aromatic heterocycles. The molecule has 1 saturated heterocycles. The van der Waals surface area contributed by atoms with E-state index in [2.05, 4.69) is 10.0 Å². The minimum atomic E-state index is -3.38. The number of rotatable bonds is 7. The molecule has 1 aliphatic rings. The molecule has 6 heteroatoms. The van der Waals surface area contributed by atoms with E-state index in [4.69, 9.17) is 4.74 Å². The average Bonchev–Trinajstić information content (AvgIpc) is 2.92. The molecule has 0 amide bonds. The third kappa shape index (κ3) is 4.56. The monoisotopic (exact) mass is 298 g/mol. The van der Waals surface area contributed by atoms with E-state index < -0.39 is 10.0 Å². The van der Waals surface area contributed by atoms with Gasteiger partial charge in [0, 0.05) is 19.2 Å². The zero-order valence-corrected chi connectivity index (χ0v) is 12.6. The summed E-state index contributed by atoms with van der Waals surface area (Å²) in [5.74, 6) is 0. The van der Waals surface area contributed by atoms with Gasteiger partial charge in [-0.05, 0) is 38.4 Å². The lowest BCUT2D eigenvalue weighted by Gasteiger charge is -2.11. The van der Waals surface area contributed by atoms with Gasteiger partial charge in [0.1, 0.15) is 0 Å². The Bertz CT molecular complexity index is 508. The number of aryl methyl sites for hydroxylation is 1. The lowest BCUT2D eigenvalue weighted by molar-refractivity contribution is 0.190. The Morgan fingerprint density at radius 2 is 2.00 bits per heavy atom. The first-order valence-electron chi connectivity index (χ1n) is 6.95. The Morgan fingerprint density at radius 3 is 2.65 bits per heavy atom. The fourth-order valence-electron chi connectivity index (χ4n) is 2.10. The third-order valence-electron chi connectivity index (χ3n) is 3.34. The summed E-state index contributed by atoms with van der Waals surface area (Å²) in [5.41, 5.74) is 1.05. The van der Waals surface area contributed by atoms with Crippen molar-refractivity contribution < 1.29 is 13.2 Å². The van der Waals surface area contributed by atoms with Crippen molar-refractivity contribution in [2.45, 2.75) is 30.7 Å². The van der Waals surface area contributed by atoms with Gasteiger partial charge in [-0.1, -0.05) is 17.7 Å². The molecule has 1 fully saturated rings. The maximum Gasteiger partial charge on any atom is 0.240 e. The molecule has 112 valence electrons. The van der Waals surface area contributed by atoms with Gasteiger partial charge in [-0.3, -0.25) is 0 Å². The molecule has 0 aliphatic carbocycles. The second-order valence-corrected chi connectivity index (χ2v) is 6.85. The van der Waals surface area contributed by atoms with Crippen LogP contribution in [0.25, 0.3) is 0 Å². The molecule has 0 bridgehead atoms. The van der Waals surface area contributed by atoms with E-state index in [1.165, 1.54) is 0 Å². The lowest BCUT2D eigenvalue weighted by Crippen LogP contribution is -2.32. The van der Waals surface area contributed by atoms with Crippen molar-refractivity contribution in [3.05, 3.63) is 29.8 Å². The quantitative estimate of drug-likeness (QED) is 0.738. The van der Waals surface area contributed by atoms with Crippen LogP contribution >= 0.6 is 0 Å². The number of hydrogen-bond acceptors (Lipinski definition) is 4. The van der Waals surface area contributed by atoms with Gasteiger partial charge in [0.15, 0.2) is 0 Å². The third-order valence-corrected chi connectivity index (χ3v) is 4.82. The predicted octanol–water partition coefficient (Wildman–Crippen LogP) is 1.04. The highest BCUT2D eigenvalue weighted by atomic mass is 32.2. The average molecular weight is 298 g/mol. The SMILES string of the molecule is Cc1ccc(S(=O)(=O)NCCCNC2CCOC2)cc1. The summed E-state index contributed by atoms with van der Waals surface area (Å²) in [6.07, 6.45) is 1.80. The molecule has 0 saturated carbocycles. The molecule has 2 rings (SSSR count). The van der Waals surface area contributed by atoms with Crippen molar-refractivity contribution in [2.24, 2.45) is 0 Å². The van der Waals surface area contributed by atoms with E-state index in [-0.39, 0.29) is 0 Å². The molecular formula is C14H22N2O3S. The van der Waals surface area contributed by atoms with Crippen molar-refractivity contribution in [2.75, 3.05) is 26.3 Å². The van der Waals surface area contributed by atoms with Crippen LogP contribution in [0.2, 0.25) is 0 Å². The molecule has 1 aromatic carbocycles. The van der Waals surface area contributed by atoms with Crippen molar-refractivity contribution >= 4 is 10.0 Å². The first kappa shape index (κ1) is 15.4. The largest absolute Gasteiger partial charge is 0.380 e. The summed E-state index contributed by atoms with van der Waals surface area (Å²) < 4.78 is 31.9. The molecule has 20 heavy (non-hydrogen) atoms. The van der Waals surface area contributed by atoms with E-state index in [1.807, 2.05) is 6.92 Å². The second kappa shape index (κ2) is 7.17. The van der Waals surface area contributed by atoms with Crippen LogP contribution in [0.3, 0.4) is 0 Å². The summed E-state index contributed by atoms with van der Waals surface area (Å²) in [6.45, 7) is 4.75. The maximum atomic E-state index is 12.0. The summed E-state index contributed by atoms with van der Waals surface area (Å²) in [7, 11) is -3.38. The Kier molecular flexibility index (Phi) is 5.54. The molecule has 1 unspecified atom stereocenters. The van der Waals surface area contributed by atoms with Crippen molar-refractivity contribution in [3.8, 4) is 0 Å². The van der Waals surface area contributed by atoms with Gasteiger partial charge in [0.25, 0.3) is 0 Å². The van der Waals surface area contributed by atoms with Crippen molar-refractivity contribution in [1.82, 2.24) is 10.0 Å². The second-order valence-electron chi connectivity index (χ2n) is 5.08. The van der Waals surface area contributed by atoms with Gasteiger partial charge in [-0.15, -0.1) is 0 Å². The van der Waals surface area contributed by atoms with Crippen LogP contribution in [0.15, 0.2) is 29.2 Å². The molecule has 1 aliphatic heterocycles. The first-order chi connectivity index (χ1) is 9.58. The van der Waals surface area contributed by atoms with Crippen LogP contribution in [0.1, 0.15) is 18.4 Å². The smallest absolute Gasteiger partial charge is 0.240 e. The minimum absolute atomic E-state index is 0.320. The molecular weight excluding hydrogens is 276 g/mol. The summed E-state index contributed by atoms with van der Waals surface area (Å²) in [5, 5.41) is 3.36. The number of hydrogen-bond donors (Lipinski definition) is 2. The molecule has 0 spiro atoms. The van der Waals surface area contributed by atoms with Crippen LogP contribution < -0.4 is 10.0 Å². The van der Waals surface area contributed by atoms with E-state index in [1.54, 1.807) is 24.3 Å². The van der Waals surface area contributed by atoms with Crippen LogP contribution in [0, 0.1) is 6.92 Å². The topological polar surface area (TPSA) is 67.4 Å². The van der Waals surface area contributed by atoms with Gasteiger partial charge in [0.2, 0.25) is 10.0 Å². The van der Waals surface area contributed by atoms with Crippen LogP contribution in [-0.2, 0) is 14.8 Å². The van der Waals surface area contributed by atoms with E-state index in [0.717, 1.165) is 38.2 Å². The van der Waals surface area contributed by atoms with Crippen molar-refractivity contribution in [1.29, 1.82) is 0 Å². The lowest BCUT2D eigenvalue weighted by atomic mass is 10.2. The predicted molar refractivity (Wildman–Crippen MR) is 78.2 cm³/mol. The van der Waals surface area contributed by atoms with Crippen LogP contribution in [0.4, 0.5) is 0 Å². The fraction of sp³-hybridized carbons (Fsp3) is 0.571. The molecule has 0 radical (unpaired) electrons. The Labute approximate surface area is 120 Å². The number of benzene rings is 1. The molecule has 1 aromatic rings. The highest BCUT2D eigenvalue weighted by molar-refractivity contribution is 7.89. The van der Waals surface area contributed by atoms with E-state index in [9.17, 15) is 8.42 Å². The van der Waals surface area contributed by atoms with Gasteiger partial charge in [0.05, 0.1) is 11.5 Å². The van der Waals surface area contributed by atoms with Gasteiger partial charge in [-0.2, -0.15) is 0 Å². The Hall–Kier alpha value is -0.950. The van der Waals surface area contributed by atoms with Gasteiger partial charge >= 0.3 is 0 Å². The van der Waals surface area contributed by atoms with Gasteiger partial charge < -0.3 is 10.1 Å². The molecule has 5 nitrogen and oxygen atoms in total. The summed E-state index contributed by atoms with van der Waals surface area (Å²) in [4.78, 5) is 0.320. The zero-order chi connectivity index (χ0) is 14.4. The Morgan fingerprint density at radius 1 is 1.25 bits per heavy atom. The Balaban J connectivity index is 1.71. The van der Waals surface area contributed by atoms with Gasteiger partial charge in [-0.25, -0.2) is 13.1 Å². The molecule has 1 heterocycles. The number of nitrogens with one attached hydrogen (secondary N) is 2. The fourth-order valence-corrected chi connectivity index (χ4v) is 3.17. The number of ether oxygens (including phenoxy) is 1. The standard InChI is InChI=1S/C14H22N2O3S/c1-12-3-5-14(6-4-12)20(17,18)16-9-2-8-15-13-7-10-19-11-13/h3-6,13,15-16H,2,7-11H2,1H3. The number of sulfonamides is 1. The van der Waals surface area contributed by atoms with Crippen LogP contribution in [-0.4, -0.2) is 40.8 Å². The zero-order valence-electron chi connectivity index (χ0n) is 11.8. The molecule has 1 atom stereocenters. The minimum Gasteiger partial charge on any atom is -0.380 e. The summed E-state index contributed by atoms with van der Waals surface area (Å²) >= 11 is 0. The molecule has 2 N–H and O–H groups in total. The maximum absolute atomic E-state index is 12.0. The highest BCUT2D eigenvalue weighted by Crippen LogP contribution is 2.09. The van der Waals surface area contributed by atoms with E-state index in [0.29, 0.717) is 17.5 Å². The summed E-state index contributed by atoms with van der Waals surface area (Å²) in [6, 6.07) is 7.29.